The number of carboxylic acids is 1. The molecule has 1 aliphatic heterocycles. The number of alkyl halides is 3. The van der Waals surface area contributed by atoms with Crippen molar-refractivity contribution in [2.24, 2.45) is 0 Å². The molecule has 0 radical (unpaired) electrons. The molecule has 0 spiro atoms. The predicted molar refractivity (Wildman–Crippen MR) is 85.2 cm³/mol. The van der Waals surface area contributed by atoms with Gasteiger partial charge in [0.05, 0.1) is 6.61 Å². The van der Waals surface area contributed by atoms with E-state index in [2.05, 4.69) is 11.2 Å². The summed E-state index contributed by atoms with van der Waals surface area (Å²) < 4.78 is 43.2. The molecule has 0 aliphatic carbocycles. The third-order valence-corrected chi connectivity index (χ3v) is 3.39. The van der Waals surface area contributed by atoms with E-state index in [4.69, 9.17) is 25.8 Å². The lowest BCUT2D eigenvalue weighted by molar-refractivity contribution is -0.192. The SMILES string of the molecule is C#CC1(OCCOc2ccccc2)CCNCC1.O=C(O)C(F)(F)F. The maximum absolute atomic E-state index is 10.6. The molecule has 138 valence electrons. The van der Waals surface area contributed by atoms with E-state index >= 15 is 0 Å². The Bertz CT molecular complexity index is 563. The first kappa shape index (κ1) is 20.8. The van der Waals surface area contributed by atoms with Crippen molar-refractivity contribution in [2.45, 2.75) is 24.6 Å². The molecule has 2 N–H and O–H groups in total. The smallest absolute Gasteiger partial charge is 0.490 e. The van der Waals surface area contributed by atoms with Gasteiger partial charge in [-0.25, -0.2) is 4.79 Å². The van der Waals surface area contributed by atoms with Gasteiger partial charge in [-0.3, -0.25) is 0 Å². The number of carboxylic acid groups (broad SMARTS) is 1. The molecule has 1 saturated heterocycles. The van der Waals surface area contributed by atoms with Crippen LogP contribution in [0.4, 0.5) is 13.2 Å². The summed E-state index contributed by atoms with van der Waals surface area (Å²) in [5, 5.41) is 10.4. The lowest BCUT2D eigenvalue weighted by atomic mass is 9.93. The van der Waals surface area contributed by atoms with Gasteiger partial charge in [0.1, 0.15) is 18.0 Å². The van der Waals surface area contributed by atoms with E-state index in [9.17, 15) is 13.2 Å². The largest absolute Gasteiger partial charge is 0.491 e. The molecular weight excluding hydrogens is 339 g/mol. The van der Waals surface area contributed by atoms with Crippen LogP contribution in [0.5, 0.6) is 5.75 Å². The third-order valence-electron chi connectivity index (χ3n) is 3.39. The first-order valence-electron chi connectivity index (χ1n) is 7.59. The van der Waals surface area contributed by atoms with E-state index in [0.29, 0.717) is 13.2 Å². The summed E-state index contributed by atoms with van der Waals surface area (Å²) >= 11 is 0. The van der Waals surface area contributed by atoms with Crippen LogP contribution < -0.4 is 10.1 Å². The molecule has 0 bridgehead atoms. The second kappa shape index (κ2) is 9.91. The van der Waals surface area contributed by atoms with E-state index in [1.165, 1.54) is 0 Å². The lowest BCUT2D eigenvalue weighted by Crippen LogP contribution is -2.43. The highest BCUT2D eigenvalue weighted by molar-refractivity contribution is 5.73. The van der Waals surface area contributed by atoms with Crippen LogP contribution in [-0.2, 0) is 9.53 Å². The predicted octanol–water partition coefficient (Wildman–Crippen LogP) is 2.47. The van der Waals surface area contributed by atoms with Crippen LogP contribution in [0, 0.1) is 12.3 Å². The fourth-order valence-corrected chi connectivity index (χ4v) is 2.07. The highest BCUT2D eigenvalue weighted by Crippen LogP contribution is 2.22. The van der Waals surface area contributed by atoms with Crippen molar-refractivity contribution >= 4 is 5.97 Å². The summed E-state index contributed by atoms with van der Waals surface area (Å²) in [4.78, 5) is 8.90. The molecule has 1 aliphatic rings. The number of nitrogens with one attached hydrogen (secondary N) is 1. The molecule has 0 atom stereocenters. The van der Waals surface area contributed by atoms with Crippen LogP contribution in [0.25, 0.3) is 0 Å². The Kier molecular flexibility index (Phi) is 8.25. The monoisotopic (exact) mass is 359 g/mol. The highest BCUT2D eigenvalue weighted by Gasteiger charge is 2.38. The van der Waals surface area contributed by atoms with Gasteiger partial charge < -0.3 is 19.9 Å². The zero-order chi connectivity index (χ0) is 18.8. The fraction of sp³-hybridized carbons (Fsp3) is 0.471. The summed E-state index contributed by atoms with van der Waals surface area (Å²) in [6, 6.07) is 9.73. The number of terminal acetylenes is 1. The van der Waals surface area contributed by atoms with Gasteiger partial charge in [0.25, 0.3) is 0 Å². The Hall–Kier alpha value is -2.24. The molecule has 1 aromatic carbocycles. The fourth-order valence-electron chi connectivity index (χ4n) is 2.07. The van der Waals surface area contributed by atoms with Crippen molar-refractivity contribution in [3.63, 3.8) is 0 Å². The van der Waals surface area contributed by atoms with Crippen molar-refractivity contribution in [1.82, 2.24) is 5.32 Å². The Morgan fingerprint density at radius 1 is 1.24 bits per heavy atom. The number of rotatable bonds is 5. The lowest BCUT2D eigenvalue weighted by Gasteiger charge is -2.32. The van der Waals surface area contributed by atoms with Gasteiger partial charge >= 0.3 is 12.1 Å². The average Bonchev–Trinajstić information content (AvgIpc) is 2.60. The van der Waals surface area contributed by atoms with Crippen molar-refractivity contribution in [1.29, 1.82) is 0 Å². The van der Waals surface area contributed by atoms with Gasteiger partial charge in [-0.05, 0) is 25.2 Å². The summed E-state index contributed by atoms with van der Waals surface area (Å²) in [7, 11) is 0. The van der Waals surface area contributed by atoms with Crippen LogP contribution in [0.3, 0.4) is 0 Å². The van der Waals surface area contributed by atoms with E-state index < -0.39 is 17.7 Å². The quantitative estimate of drug-likeness (QED) is 0.625. The maximum atomic E-state index is 10.6. The van der Waals surface area contributed by atoms with Gasteiger partial charge in [-0.15, -0.1) is 6.42 Å². The molecule has 2 rings (SSSR count). The number of benzene rings is 1. The van der Waals surface area contributed by atoms with Gasteiger partial charge in [-0.2, -0.15) is 13.2 Å². The van der Waals surface area contributed by atoms with Crippen LogP contribution in [-0.4, -0.2) is 49.2 Å². The molecule has 0 unspecified atom stereocenters. The zero-order valence-corrected chi connectivity index (χ0v) is 13.5. The number of hydrogen-bond acceptors (Lipinski definition) is 4. The standard InChI is InChI=1S/C15H19NO2.C2HF3O2/c1-2-15(8-10-16-11-9-15)18-13-12-17-14-6-4-3-5-7-14;3-2(4,5)1(6)7/h1,3-7,16H,8-13H2;(H,6,7). The van der Waals surface area contributed by atoms with Crippen molar-refractivity contribution in [3.8, 4) is 18.1 Å². The van der Waals surface area contributed by atoms with E-state index in [1.807, 2.05) is 30.3 Å². The van der Waals surface area contributed by atoms with Crippen LogP contribution in [0.15, 0.2) is 30.3 Å². The van der Waals surface area contributed by atoms with Gasteiger partial charge in [-0.1, -0.05) is 24.1 Å². The van der Waals surface area contributed by atoms with Gasteiger partial charge in [0.2, 0.25) is 0 Å². The minimum absolute atomic E-state index is 0.398. The van der Waals surface area contributed by atoms with Crippen molar-refractivity contribution in [2.75, 3.05) is 26.3 Å². The molecule has 1 aromatic rings. The Morgan fingerprint density at radius 3 is 2.28 bits per heavy atom. The van der Waals surface area contributed by atoms with Crippen LogP contribution in [0.2, 0.25) is 0 Å². The number of para-hydroxylation sites is 1. The topological polar surface area (TPSA) is 67.8 Å². The number of piperidine rings is 1. The molecule has 1 fully saturated rings. The van der Waals surface area contributed by atoms with Crippen LogP contribution >= 0.6 is 0 Å². The minimum atomic E-state index is -5.08. The molecule has 25 heavy (non-hydrogen) atoms. The maximum Gasteiger partial charge on any atom is 0.490 e. The molecule has 0 aromatic heterocycles. The van der Waals surface area contributed by atoms with Crippen molar-refractivity contribution in [3.05, 3.63) is 30.3 Å². The number of halogens is 3. The number of ether oxygens (including phenoxy) is 2. The number of aliphatic carboxylic acids is 1. The van der Waals surface area contributed by atoms with Crippen molar-refractivity contribution < 1.29 is 32.5 Å². The van der Waals surface area contributed by atoms with Gasteiger partial charge in [0.15, 0.2) is 0 Å². The molecular formula is C17H20F3NO4. The summed E-state index contributed by atoms with van der Waals surface area (Å²) in [6.45, 7) is 2.90. The first-order chi connectivity index (χ1) is 11.8. The Labute approximate surface area is 144 Å². The summed E-state index contributed by atoms with van der Waals surface area (Å²) in [5.41, 5.74) is -0.398. The van der Waals surface area contributed by atoms with Crippen LogP contribution in [0.1, 0.15) is 12.8 Å². The normalized spacial score (nSPS) is 16.1. The number of hydrogen-bond donors (Lipinski definition) is 2. The Balaban J connectivity index is 0.000000381. The van der Waals surface area contributed by atoms with E-state index in [0.717, 1.165) is 31.7 Å². The molecule has 0 saturated carbocycles. The molecule has 1 heterocycles. The Morgan fingerprint density at radius 2 is 1.80 bits per heavy atom. The van der Waals surface area contributed by atoms with E-state index in [1.54, 1.807) is 0 Å². The van der Waals surface area contributed by atoms with E-state index in [-0.39, 0.29) is 0 Å². The number of carbonyl (C=O) groups is 1. The zero-order valence-electron chi connectivity index (χ0n) is 13.5. The average molecular weight is 359 g/mol. The summed E-state index contributed by atoms with van der Waals surface area (Å²) in [6.07, 6.45) is 2.24. The minimum Gasteiger partial charge on any atom is -0.491 e. The molecule has 5 nitrogen and oxygen atoms in total. The second-order valence-corrected chi connectivity index (χ2v) is 5.20. The highest BCUT2D eigenvalue weighted by atomic mass is 19.4. The van der Waals surface area contributed by atoms with Gasteiger partial charge in [0, 0.05) is 12.8 Å². The molecule has 8 heteroatoms. The summed E-state index contributed by atoms with van der Waals surface area (Å²) in [5.74, 6) is 0.904. The molecule has 0 amide bonds. The second-order valence-electron chi connectivity index (χ2n) is 5.20. The first-order valence-corrected chi connectivity index (χ1v) is 7.59. The third kappa shape index (κ3) is 7.92.